The van der Waals surface area contributed by atoms with Gasteiger partial charge in [-0.2, -0.15) is 13.2 Å². The Kier molecular flexibility index (Phi) is 6.50. The molecule has 166 valence electrons. The fourth-order valence-corrected chi connectivity index (χ4v) is 4.77. The number of likely N-dealkylation sites (tertiary alicyclic amines) is 2. The molecule has 9 heteroatoms. The molecule has 6 nitrogen and oxygen atoms in total. The molecule has 0 radical (unpaired) electrons. The number of guanidine groups is 1. The molecule has 3 aliphatic heterocycles. The number of rotatable bonds is 4. The van der Waals surface area contributed by atoms with Crippen molar-refractivity contribution in [1.82, 2.24) is 20.0 Å². The summed E-state index contributed by atoms with van der Waals surface area (Å²) in [6.45, 7) is 4.03. The van der Waals surface area contributed by atoms with Crippen molar-refractivity contribution >= 4 is 5.96 Å². The Bertz CT molecular complexity index is 729. The zero-order chi connectivity index (χ0) is 21.1. The summed E-state index contributed by atoms with van der Waals surface area (Å²) >= 11 is 0. The van der Waals surface area contributed by atoms with Crippen LogP contribution in [0.4, 0.5) is 13.2 Å². The highest BCUT2D eigenvalue weighted by atomic mass is 19.4. The number of ether oxygens (including phenoxy) is 1. The van der Waals surface area contributed by atoms with E-state index in [0.29, 0.717) is 26.1 Å². The summed E-state index contributed by atoms with van der Waals surface area (Å²) in [4.78, 5) is 10.5. The van der Waals surface area contributed by atoms with Crippen LogP contribution >= 0.6 is 0 Å². The Morgan fingerprint density at radius 3 is 2.70 bits per heavy atom. The van der Waals surface area contributed by atoms with Gasteiger partial charge in [0, 0.05) is 52.4 Å². The molecule has 30 heavy (non-hydrogen) atoms. The van der Waals surface area contributed by atoms with Gasteiger partial charge in [0.1, 0.15) is 0 Å². The molecule has 3 aliphatic rings. The molecule has 3 saturated heterocycles. The minimum Gasteiger partial charge on any atom is -0.373 e. The number of benzene rings is 1. The Morgan fingerprint density at radius 2 is 1.97 bits per heavy atom. The number of fused-ring (bicyclic) bond motifs is 1. The molecule has 0 spiro atoms. The normalized spacial score (nSPS) is 28.7. The number of nitrogens with zero attached hydrogens (tertiary/aromatic N) is 4. The highest BCUT2D eigenvalue weighted by Crippen LogP contribution is 2.25. The number of halogens is 3. The number of hydrogen-bond acceptors (Lipinski definition) is 4. The summed E-state index contributed by atoms with van der Waals surface area (Å²) in [5, 5.41) is 3.39. The highest BCUT2D eigenvalue weighted by molar-refractivity contribution is 5.80. The van der Waals surface area contributed by atoms with Crippen LogP contribution in [0.2, 0.25) is 0 Å². The molecular formula is C21H30F3N5O. The van der Waals surface area contributed by atoms with Crippen molar-refractivity contribution in [3.63, 3.8) is 0 Å². The van der Waals surface area contributed by atoms with E-state index in [9.17, 15) is 13.2 Å². The molecule has 1 N–H and O–H groups in total. The predicted octanol–water partition coefficient (Wildman–Crippen LogP) is 1.78. The Balaban J connectivity index is 1.34. The van der Waals surface area contributed by atoms with Crippen molar-refractivity contribution in [2.75, 3.05) is 52.9 Å². The molecule has 0 aromatic heterocycles. The third-order valence-corrected chi connectivity index (χ3v) is 6.16. The van der Waals surface area contributed by atoms with Gasteiger partial charge in [-0.1, -0.05) is 30.3 Å². The highest BCUT2D eigenvalue weighted by Gasteiger charge is 2.42. The summed E-state index contributed by atoms with van der Waals surface area (Å²) in [6.07, 6.45) is -3.35. The summed E-state index contributed by atoms with van der Waals surface area (Å²) in [6, 6.07) is 10.7. The van der Waals surface area contributed by atoms with Crippen LogP contribution in [0.3, 0.4) is 0 Å². The first-order chi connectivity index (χ1) is 14.4. The lowest BCUT2D eigenvalue weighted by Crippen LogP contribution is -2.50. The Morgan fingerprint density at radius 1 is 1.17 bits per heavy atom. The van der Waals surface area contributed by atoms with Gasteiger partial charge in [0.25, 0.3) is 0 Å². The predicted molar refractivity (Wildman–Crippen MR) is 109 cm³/mol. The van der Waals surface area contributed by atoms with Gasteiger partial charge in [0.2, 0.25) is 0 Å². The van der Waals surface area contributed by atoms with E-state index in [4.69, 9.17) is 4.74 Å². The van der Waals surface area contributed by atoms with Crippen LogP contribution in [0.25, 0.3) is 0 Å². The van der Waals surface area contributed by atoms with E-state index >= 15 is 0 Å². The number of alkyl halides is 3. The zero-order valence-corrected chi connectivity index (χ0v) is 17.3. The van der Waals surface area contributed by atoms with Gasteiger partial charge < -0.3 is 15.0 Å². The largest absolute Gasteiger partial charge is 0.401 e. The van der Waals surface area contributed by atoms with Gasteiger partial charge in [0.05, 0.1) is 25.3 Å². The first-order valence-corrected chi connectivity index (χ1v) is 10.6. The van der Waals surface area contributed by atoms with Crippen LogP contribution in [-0.2, 0) is 11.3 Å². The average Bonchev–Trinajstić information content (AvgIpc) is 3.33. The van der Waals surface area contributed by atoms with Gasteiger partial charge in [0.15, 0.2) is 5.96 Å². The molecule has 0 amide bonds. The lowest BCUT2D eigenvalue weighted by atomic mass is 10.1. The molecule has 1 aromatic rings. The van der Waals surface area contributed by atoms with Gasteiger partial charge in [-0.15, -0.1) is 0 Å². The van der Waals surface area contributed by atoms with Crippen LogP contribution in [0.15, 0.2) is 35.3 Å². The van der Waals surface area contributed by atoms with Crippen LogP contribution in [0.5, 0.6) is 0 Å². The van der Waals surface area contributed by atoms with Crippen molar-refractivity contribution in [1.29, 1.82) is 0 Å². The summed E-state index contributed by atoms with van der Waals surface area (Å²) in [5.74, 6) is 0.756. The molecule has 3 atom stereocenters. The molecule has 3 unspecified atom stereocenters. The maximum Gasteiger partial charge on any atom is 0.401 e. The summed E-state index contributed by atoms with van der Waals surface area (Å²) in [7, 11) is 1.73. The van der Waals surface area contributed by atoms with Gasteiger partial charge in [-0.25, -0.2) is 0 Å². The van der Waals surface area contributed by atoms with E-state index in [2.05, 4.69) is 44.4 Å². The average molecular weight is 425 g/mol. The third kappa shape index (κ3) is 5.25. The monoisotopic (exact) mass is 425 g/mol. The smallest absolute Gasteiger partial charge is 0.373 e. The molecule has 1 aromatic carbocycles. The number of morpholine rings is 1. The maximum absolute atomic E-state index is 12.7. The van der Waals surface area contributed by atoms with Crippen molar-refractivity contribution in [3.8, 4) is 0 Å². The second-order valence-corrected chi connectivity index (χ2v) is 8.37. The lowest BCUT2D eigenvalue weighted by molar-refractivity contribution is -0.143. The van der Waals surface area contributed by atoms with Crippen LogP contribution in [0.1, 0.15) is 12.0 Å². The molecule has 3 fully saturated rings. The van der Waals surface area contributed by atoms with Crippen LogP contribution in [-0.4, -0.2) is 97.9 Å². The van der Waals surface area contributed by atoms with Crippen molar-refractivity contribution in [2.45, 2.75) is 37.3 Å². The fourth-order valence-electron chi connectivity index (χ4n) is 4.77. The van der Waals surface area contributed by atoms with E-state index in [1.165, 1.54) is 10.5 Å². The fraction of sp³-hybridized carbons (Fsp3) is 0.667. The quantitative estimate of drug-likeness (QED) is 0.589. The summed E-state index contributed by atoms with van der Waals surface area (Å²) in [5.41, 5.74) is 1.29. The number of nitrogens with one attached hydrogen (secondary N) is 1. The first-order valence-electron chi connectivity index (χ1n) is 10.6. The second kappa shape index (κ2) is 9.11. The Hall–Kier alpha value is -1.84. The van der Waals surface area contributed by atoms with Crippen LogP contribution in [0, 0.1) is 0 Å². The van der Waals surface area contributed by atoms with Gasteiger partial charge in [-0.3, -0.25) is 14.8 Å². The van der Waals surface area contributed by atoms with Crippen molar-refractivity contribution in [2.24, 2.45) is 4.99 Å². The molecule has 3 heterocycles. The first kappa shape index (κ1) is 21.4. The Labute approximate surface area is 175 Å². The standard InChI is InChI=1S/C21H30F3N5O/c1-25-20(26-17-7-8-27(12-17)15-21(22,23)24)29-13-18-19(14-29)30-10-9-28(18)11-16-5-3-2-4-6-16/h2-6,17-19H,7-15H2,1H3,(H,25,26). The molecule has 0 saturated carbocycles. The minimum absolute atomic E-state index is 0.0185. The number of hydrogen-bond donors (Lipinski definition) is 1. The minimum atomic E-state index is -4.15. The molecule has 0 aliphatic carbocycles. The van der Waals surface area contributed by atoms with E-state index in [1.54, 1.807) is 7.05 Å². The molecular weight excluding hydrogens is 395 g/mol. The van der Waals surface area contributed by atoms with Gasteiger partial charge in [-0.05, 0) is 12.0 Å². The maximum atomic E-state index is 12.7. The third-order valence-electron chi connectivity index (χ3n) is 6.16. The van der Waals surface area contributed by atoms with Gasteiger partial charge >= 0.3 is 6.18 Å². The zero-order valence-electron chi connectivity index (χ0n) is 17.3. The van der Waals surface area contributed by atoms with Crippen molar-refractivity contribution in [3.05, 3.63) is 35.9 Å². The van der Waals surface area contributed by atoms with Crippen molar-refractivity contribution < 1.29 is 17.9 Å². The molecule has 0 bridgehead atoms. The summed E-state index contributed by atoms with van der Waals surface area (Å²) < 4.78 is 44.0. The van der Waals surface area contributed by atoms with E-state index < -0.39 is 12.7 Å². The lowest BCUT2D eigenvalue weighted by Gasteiger charge is -2.36. The van der Waals surface area contributed by atoms with E-state index in [-0.39, 0.29) is 18.2 Å². The van der Waals surface area contributed by atoms with Crippen LogP contribution < -0.4 is 5.32 Å². The van der Waals surface area contributed by atoms with E-state index in [0.717, 1.165) is 32.1 Å². The SMILES string of the molecule is CN=C(NC1CCN(CC(F)(F)F)C1)N1CC2OCCN(Cc3ccccc3)C2C1. The topological polar surface area (TPSA) is 43.3 Å². The van der Waals surface area contributed by atoms with E-state index in [1.807, 2.05) is 6.07 Å². The number of aliphatic imine (C=N–C) groups is 1. The molecule has 4 rings (SSSR count). The second-order valence-electron chi connectivity index (χ2n) is 8.37.